The Bertz CT molecular complexity index is 845. The molecule has 0 spiro atoms. The summed E-state index contributed by atoms with van der Waals surface area (Å²) >= 11 is 0.979. The molecule has 1 rings (SSSR count). The fourth-order valence-corrected chi connectivity index (χ4v) is 3.29. The van der Waals surface area contributed by atoms with Crippen molar-refractivity contribution in [1.29, 1.82) is 0 Å². The molecule has 0 aliphatic rings. The van der Waals surface area contributed by atoms with Crippen LogP contribution in [0.15, 0.2) is 22.6 Å². The number of aromatic nitrogens is 1. The van der Waals surface area contributed by atoms with Crippen molar-refractivity contribution in [3.8, 4) is 0 Å². The number of hydrogen-bond acceptors (Lipinski definition) is 8. The maximum Gasteiger partial charge on any atom is 0.397 e. The Morgan fingerprint density at radius 3 is 2.48 bits per heavy atom. The molecule has 0 aliphatic heterocycles. The van der Waals surface area contributed by atoms with Crippen LogP contribution in [-0.4, -0.2) is 54.1 Å². The van der Waals surface area contributed by atoms with Crippen LogP contribution >= 0.6 is 11.8 Å². The number of carbonyl (C=O) groups is 3. The number of aliphatic carboxylic acids is 1. The average Bonchev–Trinajstić information content (AvgIpc) is 2.92. The molecule has 27 heavy (non-hydrogen) atoms. The number of H-pyrrole nitrogens is 1. The lowest BCUT2D eigenvalue weighted by molar-refractivity contribution is -0.141. The Hall–Kier alpha value is -2.35. The zero-order chi connectivity index (χ0) is 20.8. The monoisotopic (exact) mass is 422 g/mol. The van der Waals surface area contributed by atoms with Gasteiger partial charge < -0.3 is 20.1 Å². The van der Waals surface area contributed by atoms with Crippen LogP contribution in [0, 0.1) is 0 Å². The van der Waals surface area contributed by atoms with Gasteiger partial charge in [0.25, 0.3) is 0 Å². The highest BCUT2D eigenvalue weighted by Crippen LogP contribution is 2.31. The Morgan fingerprint density at radius 2 is 2.00 bits per heavy atom. The third-order valence-electron chi connectivity index (χ3n) is 3.09. The summed E-state index contributed by atoms with van der Waals surface area (Å²) in [6, 6.07) is 1.30. The fourth-order valence-electron chi connectivity index (χ4n) is 2.06. The predicted molar refractivity (Wildman–Crippen MR) is 93.4 cm³/mol. The van der Waals surface area contributed by atoms with Gasteiger partial charge in [-0.15, -0.1) is 0 Å². The van der Waals surface area contributed by atoms with Crippen molar-refractivity contribution < 1.29 is 41.4 Å². The smallest absolute Gasteiger partial charge is 0.397 e. The van der Waals surface area contributed by atoms with Crippen LogP contribution in [0.5, 0.6) is 0 Å². The Kier molecular flexibility index (Phi) is 8.02. The van der Waals surface area contributed by atoms with Crippen LogP contribution in [-0.2, 0) is 28.9 Å². The molecular formula is C14H18N2O9S2. The van der Waals surface area contributed by atoms with Gasteiger partial charge in [-0.1, -0.05) is 11.8 Å². The maximum atomic E-state index is 11.9. The SMILES string of the molecule is COC(=O)c1[nH]c([C@@H](C(=O)O)[C@H](C)OS(=O)(=O)O)cc1S/C=C/NC(C)=O. The van der Waals surface area contributed by atoms with E-state index in [2.05, 4.69) is 19.2 Å². The molecule has 0 saturated carbocycles. The molecule has 4 N–H and O–H groups in total. The maximum absolute atomic E-state index is 11.9. The van der Waals surface area contributed by atoms with Crippen LogP contribution in [0.25, 0.3) is 0 Å². The van der Waals surface area contributed by atoms with Gasteiger partial charge in [0.1, 0.15) is 11.6 Å². The van der Waals surface area contributed by atoms with E-state index in [9.17, 15) is 27.9 Å². The number of carboxylic acids is 1. The van der Waals surface area contributed by atoms with E-state index in [4.69, 9.17) is 4.55 Å². The second kappa shape index (κ2) is 9.55. The molecule has 1 amide bonds. The zero-order valence-corrected chi connectivity index (χ0v) is 16.1. The van der Waals surface area contributed by atoms with Gasteiger partial charge in [0.15, 0.2) is 0 Å². The largest absolute Gasteiger partial charge is 0.481 e. The standard InChI is InChI=1S/C14H18N2O9S2/c1-7(25-27(21,22)23)11(13(18)19)9-6-10(12(16-9)14(20)24-3)26-5-4-15-8(2)17/h4-7,11,16H,1-3H3,(H,15,17)(H,18,19)(H,21,22,23)/b5-4+/t7-,11-/m0/s1. The van der Waals surface area contributed by atoms with E-state index in [0.29, 0.717) is 0 Å². The highest BCUT2D eigenvalue weighted by molar-refractivity contribution is 8.02. The van der Waals surface area contributed by atoms with Gasteiger partial charge in [-0.3, -0.25) is 14.1 Å². The molecule has 13 heteroatoms. The average molecular weight is 422 g/mol. The van der Waals surface area contributed by atoms with Crippen LogP contribution in [0.2, 0.25) is 0 Å². The van der Waals surface area contributed by atoms with Gasteiger partial charge >= 0.3 is 22.3 Å². The van der Waals surface area contributed by atoms with E-state index >= 15 is 0 Å². The number of methoxy groups -OCH3 is 1. The number of carboxylic acid groups (broad SMARTS) is 1. The van der Waals surface area contributed by atoms with Gasteiger partial charge in [-0.25, -0.2) is 8.98 Å². The van der Waals surface area contributed by atoms with Crippen LogP contribution in [0.3, 0.4) is 0 Å². The summed E-state index contributed by atoms with van der Waals surface area (Å²) in [5, 5.41) is 13.2. The predicted octanol–water partition coefficient (Wildman–Crippen LogP) is 0.877. The molecule has 0 unspecified atom stereocenters. The molecular weight excluding hydrogens is 404 g/mol. The lowest BCUT2D eigenvalue weighted by Gasteiger charge is -2.17. The van der Waals surface area contributed by atoms with Crippen LogP contribution in [0.1, 0.15) is 35.9 Å². The number of amides is 1. The lowest BCUT2D eigenvalue weighted by Crippen LogP contribution is -2.28. The van der Waals surface area contributed by atoms with Crippen molar-refractivity contribution in [2.45, 2.75) is 30.8 Å². The number of thioether (sulfide) groups is 1. The molecule has 1 aromatic rings. The van der Waals surface area contributed by atoms with E-state index in [1.54, 1.807) is 0 Å². The van der Waals surface area contributed by atoms with Crippen molar-refractivity contribution in [2.24, 2.45) is 0 Å². The first-order valence-corrected chi connectivity index (χ1v) is 9.49. The van der Waals surface area contributed by atoms with Gasteiger partial charge in [-0.05, 0) is 18.4 Å². The molecule has 0 radical (unpaired) electrons. The van der Waals surface area contributed by atoms with Crippen molar-refractivity contribution in [1.82, 2.24) is 10.3 Å². The van der Waals surface area contributed by atoms with E-state index in [1.807, 2.05) is 0 Å². The zero-order valence-electron chi connectivity index (χ0n) is 14.5. The molecule has 150 valence electrons. The molecule has 1 heterocycles. The van der Waals surface area contributed by atoms with Crippen molar-refractivity contribution in [3.63, 3.8) is 0 Å². The summed E-state index contributed by atoms with van der Waals surface area (Å²) in [6.07, 6.45) is -0.158. The molecule has 2 atom stereocenters. The topological polar surface area (TPSA) is 172 Å². The Balaban J connectivity index is 3.24. The number of rotatable bonds is 9. The first-order valence-electron chi connectivity index (χ1n) is 7.24. The summed E-state index contributed by atoms with van der Waals surface area (Å²) in [7, 11) is -3.76. The molecule has 0 saturated heterocycles. The third-order valence-corrected chi connectivity index (χ3v) is 4.48. The summed E-state index contributed by atoms with van der Waals surface area (Å²) in [6.45, 7) is 2.44. The van der Waals surface area contributed by atoms with Crippen molar-refractivity contribution in [2.75, 3.05) is 7.11 Å². The van der Waals surface area contributed by atoms with E-state index in [0.717, 1.165) is 25.8 Å². The van der Waals surface area contributed by atoms with Gasteiger partial charge in [0.2, 0.25) is 5.91 Å². The normalized spacial score (nSPS) is 13.9. The fraction of sp³-hybridized carbons (Fsp3) is 0.357. The second-order valence-corrected chi connectivity index (χ2v) is 7.12. The van der Waals surface area contributed by atoms with E-state index in [-0.39, 0.29) is 22.2 Å². The van der Waals surface area contributed by atoms with E-state index < -0.39 is 34.4 Å². The third kappa shape index (κ3) is 7.05. The highest BCUT2D eigenvalue weighted by atomic mass is 32.3. The van der Waals surface area contributed by atoms with Crippen molar-refractivity contribution >= 4 is 40.0 Å². The quantitative estimate of drug-likeness (QED) is 0.254. The molecule has 0 aromatic carbocycles. The van der Waals surface area contributed by atoms with Gasteiger partial charge in [0.05, 0.1) is 13.2 Å². The number of nitrogens with one attached hydrogen (secondary N) is 2. The first-order chi connectivity index (χ1) is 12.5. The summed E-state index contributed by atoms with van der Waals surface area (Å²) in [5.74, 6) is -4.08. The minimum atomic E-state index is -4.89. The minimum Gasteiger partial charge on any atom is -0.481 e. The lowest BCUT2D eigenvalue weighted by atomic mass is 10.0. The summed E-state index contributed by atoms with van der Waals surface area (Å²) < 4.78 is 39.4. The van der Waals surface area contributed by atoms with Gasteiger partial charge in [0, 0.05) is 23.7 Å². The number of aromatic amines is 1. The Morgan fingerprint density at radius 1 is 1.37 bits per heavy atom. The second-order valence-electron chi connectivity index (χ2n) is 5.12. The van der Waals surface area contributed by atoms with Crippen molar-refractivity contribution in [3.05, 3.63) is 29.1 Å². The van der Waals surface area contributed by atoms with Crippen LogP contribution < -0.4 is 5.32 Å². The molecule has 0 fully saturated rings. The minimum absolute atomic E-state index is 0.0468. The number of ether oxygens (including phenoxy) is 1. The number of esters is 1. The van der Waals surface area contributed by atoms with E-state index in [1.165, 1.54) is 24.6 Å². The Labute approximate surface area is 159 Å². The molecule has 0 bridgehead atoms. The van der Waals surface area contributed by atoms with Crippen LogP contribution in [0.4, 0.5) is 0 Å². The molecule has 0 aliphatic carbocycles. The molecule has 11 nitrogen and oxygen atoms in total. The first kappa shape index (κ1) is 22.7. The van der Waals surface area contributed by atoms with Gasteiger partial charge in [-0.2, -0.15) is 8.42 Å². The highest BCUT2D eigenvalue weighted by Gasteiger charge is 2.33. The molecule has 1 aromatic heterocycles. The number of hydrogen-bond donors (Lipinski definition) is 4. The summed E-state index contributed by atoms with van der Waals surface area (Å²) in [5.41, 5.74) is -0.121. The number of carbonyl (C=O) groups excluding carboxylic acids is 2. The summed E-state index contributed by atoms with van der Waals surface area (Å²) in [4.78, 5) is 37.1.